The number of ketones is 1. The van der Waals surface area contributed by atoms with Crippen molar-refractivity contribution >= 4 is 5.78 Å². The summed E-state index contributed by atoms with van der Waals surface area (Å²) in [5.41, 5.74) is 1.45. The van der Waals surface area contributed by atoms with Gasteiger partial charge in [-0.05, 0) is 36.3 Å². The maximum Gasteiger partial charge on any atom is 0.236 e. The van der Waals surface area contributed by atoms with Gasteiger partial charge in [0, 0.05) is 11.1 Å². The molecule has 106 valence electrons. The highest BCUT2D eigenvalue weighted by Crippen LogP contribution is 2.11. The normalized spacial score (nSPS) is 9.32. The van der Waals surface area contributed by atoms with E-state index in [0.29, 0.717) is 5.56 Å². The number of carbonyl (C=O) groups excluding carboxylic acids is 1. The van der Waals surface area contributed by atoms with Crippen LogP contribution in [0, 0.1) is 23.7 Å². The van der Waals surface area contributed by atoms with E-state index in [1.165, 1.54) is 0 Å². The maximum absolute atomic E-state index is 11.7. The number of allylic oxidation sites excluding steroid dienone is 2. The van der Waals surface area contributed by atoms with Gasteiger partial charge < -0.3 is 4.74 Å². The summed E-state index contributed by atoms with van der Waals surface area (Å²) >= 11 is 0. The highest BCUT2D eigenvalue weighted by atomic mass is 16.5. The van der Waals surface area contributed by atoms with Gasteiger partial charge in [-0.25, -0.2) is 0 Å². The first-order chi connectivity index (χ1) is 10.8. The number of Topliss-reactive ketones (excluding diaryl/α,β-unsaturated/α-hetero) is 1. The Bertz CT molecular complexity index is 794. The summed E-state index contributed by atoms with van der Waals surface area (Å²) in [6.07, 6.45) is 3.18. The minimum atomic E-state index is -0.203. The molecule has 0 saturated carbocycles. The molecule has 0 amide bonds. The lowest BCUT2D eigenvalue weighted by Crippen LogP contribution is -1.92. The molecule has 0 bridgehead atoms. The third kappa shape index (κ3) is 4.71. The van der Waals surface area contributed by atoms with Crippen molar-refractivity contribution in [2.24, 2.45) is 0 Å². The van der Waals surface area contributed by atoms with E-state index in [1.54, 1.807) is 31.4 Å². The van der Waals surface area contributed by atoms with Gasteiger partial charge >= 0.3 is 0 Å². The second kappa shape index (κ2) is 8.15. The number of benzene rings is 2. The summed E-state index contributed by atoms with van der Waals surface area (Å²) in [6.45, 7) is 0. The molecule has 0 aliphatic carbocycles. The molecule has 2 nitrogen and oxygen atoms in total. The molecule has 2 aromatic rings. The van der Waals surface area contributed by atoms with Gasteiger partial charge in [-0.15, -0.1) is 0 Å². The topological polar surface area (TPSA) is 26.3 Å². The molecule has 0 N–H and O–H groups in total. The van der Waals surface area contributed by atoms with Crippen molar-refractivity contribution in [3.63, 3.8) is 0 Å². The molecule has 0 radical (unpaired) electrons. The second-order valence-corrected chi connectivity index (χ2v) is 4.30. The Labute approximate surface area is 130 Å². The van der Waals surface area contributed by atoms with Crippen LogP contribution in [0.15, 0.2) is 66.7 Å². The molecule has 2 rings (SSSR count). The monoisotopic (exact) mass is 286 g/mol. The maximum atomic E-state index is 11.7. The van der Waals surface area contributed by atoms with Crippen molar-refractivity contribution in [2.75, 3.05) is 7.11 Å². The highest BCUT2D eigenvalue weighted by Gasteiger charge is 1.97. The van der Waals surface area contributed by atoms with E-state index in [9.17, 15) is 4.79 Å². The smallest absolute Gasteiger partial charge is 0.236 e. The number of ether oxygens (including phenoxy) is 1. The summed E-state index contributed by atoms with van der Waals surface area (Å²) in [6, 6.07) is 16.5. The molecule has 2 heteroatoms. The Kier molecular flexibility index (Phi) is 5.61. The van der Waals surface area contributed by atoms with Crippen LogP contribution >= 0.6 is 0 Å². The number of hydrogen-bond acceptors (Lipinski definition) is 2. The summed E-state index contributed by atoms with van der Waals surface area (Å²) in [7, 11) is 1.62. The van der Waals surface area contributed by atoms with Crippen molar-refractivity contribution in [1.29, 1.82) is 0 Å². The zero-order valence-electron chi connectivity index (χ0n) is 12.2. The standard InChI is InChI=1S/C20H14O2/c1-22-19-14-9-11-17(16-19)10-5-2-3-8-15-20(21)18-12-6-4-7-13-18/h2-4,6-7,9,11-14,16H,1H3/b3-2-. The minimum Gasteiger partial charge on any atom is -0.497 e. The second-order valence-electron chi connectivity index (χ2n) is 4.30. The Morgan fingerprint density at radius 1 is 1.00 bits per heavy atom. The molecule has 0 heterocycles. The van der Waals surface area contributed by atoms with E-state index < -0.39 is 0 Å². The number of carbonyl (C=O) groups is 1. The predicted molar refractivity (Wildman–Crippen MR) is 87.6 cm³/mol. The van der Waals surface area contributed by atoms with Gasteiger partial charge in [0.25, 0.3) is 0 Å². The van der Waals surface area contributed by atoms with E-state index in [-0.39, 0.29) is 5.78 Å². The van der Waals surface area contributed by atoms with Crippen LogP contribution < -0.4 is 4.74 Å². The first-order valence-corrected chi connectivity index (χ1v) is 6.71. The van der Waals surface area contributed by atoms with E-state index in [0.717, 1.165) is 11.3 Å². The van der Waals surface area contributed by atoms with Crippen LogP contribution in [0.1, 0.15) is 15.9 Å². The van der Waals surface area contributed by atoms with Crippen LogP contribution in [-0.4, -0.2) is 12.9 Å². The Balaban J connectivity index is 1.96. The van der Waals surface area contributed by atoms with Crippen LogP contribution in [0.3, 0.4) is 0 Å². The van der Waals surface area contributed by atoms with Gasteiger partial charge in [0.2, 0.25) is 5.78 Å². The highest BCUT2D eigenvalue weighted by molar-refractivity contribution is 6.09. The average Bonchev–Trinajstić information content (AvgIpc) is 2.58. The molecule has 0 atom stereocenters. The van der Waals surface area contributed by atoms with Gasteiger partial charge in [0.15, 0.2) is 0 Å². The number of hydrogen-bond donors (Lipinski definition) is 0. The van der Waals surface area contributed by atoms with Crippen molar-refractivity contribution < 1.29 is 9.53 Å². The number of methoxy groups -OCH3 is 1. The molecule has 0 aliphatic rings. The fraction of sp³-hybridized carbons (Fsp3) is 0.0500. The van der Waals surface area contributed by atoms with Crippen molar-refractivity contribution in [2.45, 2.75) is 0 Å². The lowest BCUT2D eigenvalue weighted by molar-refractivity contribution is 0.105. The molecule has 2 aromatic carbocycles. The summed E-state index contributed by atoms with van der Waals surface area (Å²) in [5.74, 6) is 11.6. The lowest BCUT2D eigenvalue weighted by Gasteiger charge is -1.97. The van der Waals surface area contributed by atoms with E-state index in [2.05, 4.69) is 23.7 Å². The zero-order chi connectivity index (χ0) is 15.6. The van der Waals surface area contributed by atoms with Crippen LogP contribution in [0.4, 0.5) is 0 Å². The fourth-order valence-electron chi connectivity index (χ4n) is 1.68. The molecular formula is C20H14O2. The molecular weight excluding hydrogens is 272 g/mol. The summed E-state index contributed by atoms with van der Waals surface area (Å²) in [4.78, 5) is 11.7. The molecule has 0 aromatic heterocycles. The zero-order valence-corrected chi connectivity index (χ0v) is 12.2. The first-order valence-electron chi connectivity index (χ1n) is 6.71. The predicted octanol–water partition coefficient (Wildman–Crippen LogP) is 3.49. The molecule has 0 fully saturated rings. The van der Waals surface area contributed by atoms with Crippen LogP contribution in [-0.2, 0) is 0 Å². The quantitative estimate of drug-likeness (QED) is 0.480. The van der Waals surface area contributed by atoms with Gasteiger partial charge in [-0.2, -0.15) is 0 Å². The Hall–Kier alpha value is -3.23. The van der Waals surface area contributed by atoms with Crippen molar-refractivity contribution in [3.8, 4) is 29.4 Å². The van der Waals surface area contributed by atoms with E-state index in [4.69, 9.17) is 4.74 Å². The summed E-state index contributed by atoms with van der Waals surface area (Å²) < 4.78 is 5.12. The van der Waals surface area contributed by atoms with Gasteiger partial charge in [0.05, 0.1) is 7.11 Å². The van der Waals surface area contributed by atoms with Gasteiger partial charge in [-0.3, -0.25) is 4.79 Å². The molecule has 0 aliphatic heterocycles. The first kappa shape index (κ1) is 15.2. The van der Waals surface area contributed by atoms with Crippen LogP contribution in [0.25, 0.3) is 0 Å². The van der Waals surface area contributed by atoms with Crippen LogP contribution in [0.2, 0.25) is 0 Å². The Morgan fingerprint density at radius 3 is 2.55 bits per heavy atom. The van der Waals surface area contributed by atoms with Crippen molar-refractivity contribution in [3.05, 3.63) is 77.9 Å². The SMILES string of the molecule is COc1cccc(C#C/C=C\C#CC(=O)c2ccccc2)c1. The molecule has 22 heavy (non-hydrogen) atoms. The lowest BCUT2D eigenvalue weighted by atomic mass is 10.1. The molecule has 0 saturated heterocycles. The van der Waals surface area contributed by atoms with E-state index >= 15 is 0 Å². The van der Waals surface area contributed by atoms with Crippen molar-refractivity contribution in [1.82, 2.24) is 0 Å². The summed E-state index contributed by atoms with van der Waals surface area (Å²) in [5, 5.41) is 0. The largest absolute Gasteiger partial charge is 0.497 e. The average molecular weight is 286 g/mol. The molecule has 0 unspecified atom stereocenters. The molecule has 0 spiro atoms. The van der Waals surface area contributed by atoms with Crippen LogP contribution in [0.5, 0.6) is 5.75 Å². The Morgan fingerprint density at radius 2 is 1.77 bits per heavy atom. The van der Waals surface area contributed by atoms with Gasteiger partial charge in [-0.1, -0.05) is 54.2 Å². The fourth-order valence-corrected chi connectivity index (χ4v) is 1.68. The van der Waals surface area contributed by atoms with E-state index in [1.807, 2.05) is 42.5 Å². The number of rotatable bonds is 2. The van der Waals surface area contributed by atoms with Gasteiger partial charge in [0.1, 0.15) is 5.75 Å². The third-order valence-corrected chi connectivity index (χ3v) is 2.76. The minimum absolute atomic E-state index is 0.203. The third-order valence-electron chi connectivity index (χ3n) is 2.76.